The van der Waals surface area contributed by atoms with Crippen molar-refractivity contribution in [2.45, 2.75) is 18.6 Å². The Hall–Kier alpha value is -1.85. The molecule has 0 amide bonds. The molecule has 0 N–H and O–H groups in total. The Labute approximate surface area is 101 Å². The lowest BCUT2D eigenvalue weighted by Crippen LogP contribution is -2.10. The van der Waals surface area contributed by atoms with Crippen LogP contribution < -0.4 is 0 Å². The van der Waals surface area contributed by atoms with E-state index in [9.17, 15) is 8.42 Å². The van der Waals surface area contributed by atoms with E-state index in [0.29, 0.717) is 17.5 Å². The Bertz CT molecular complexity index is 565. The summed E-state index contributed by atoms with van der Waals surface area (Å²) in [6.45, 7) is 0. The number of unbranched alkanes of at least 4 members (excludes halogenated alkanes) is 1. The first-order valence-corrected chi connectivity index (χ1v) is 6.96. The Morgan fingerprint density at radius 1 is 1.18 bits per heavy atom. The standard InChI is InChI=1S/C12H12N2O2S/c13-7-3-4-8-17(15,16)10-12-6-2-1-5-11(12)9-14/h1-2,5-6H,3-4,8,10H2. The molecule has 0 aliphatic rings. The number of benzene rings is 1. The van der Waals surface area contributed by atoms with Crippen molar-refractivity contribution in [3.05, 3.63) is 35.4 Å². The van der Waals surface area contributed by atoms with Crippen molar-refractivity contribution >= 4 is 9.84 Å². The molecule has 0 radical (unpaired) electrons. The van der Waals surface area contributed by atoms with Gasteiger partial charge in [0.15, 0.2) is 9.84 Å². The Balaban J connectivity index is 2.78. The molecule has 1 aromatic carbocycles. The molecule has 1 rings (SSSR count). The van der Waals surface area contributed by atoms with E-state index in [2.05, 4.69) is 0 Å². The van der Waals surface area contributed by atoms with Gasteiger partial charge >= 0.3 is 0 Å². The second-order valence-corrected chi connectivity index (χ2v) is 5.81. The molecular formula is C12H12N2O2S. The molecule has 5 heteroatoms. The molecule has 0 saturated heterocycles. The lowest BCUT2D eigenvalue weighted by atomic mass is 10.1. The lowest BCUT2D eigenvalue weighted by molar-refractivity contribution is 0.593. The highest BCUT2D eigenvalue weighted by Gasteiger charge is 2.13. The molecule has 0 aliphatic heterocycles. The molecule has 0 fully saturated rings. The van der Waals surface area contributed by atoms with Crippen molar-refractivity contribution < 1.29 is 8.42 Å². The van der Waals surface area contributed by atoms with Crippen molar-refractivity contribution in [1.82, 2.24) is 0 Å². The summed E-state index contributed by atoms with van der Waals surface area (Å²) in [6, 6.07) is 10.5. The van der Waals surface area contributed by atoms with E-state index in [0.717, 1.165) is 0 Å². The van der Waals surface area contributed by atoms with E-state index in [1.54, 1.807) is 24.3 Å². The fraction of sp³-hybridized carbons (Fsp3) is 0.333. The third-order valence-electron chi connectivity index (χ3n) is 2.26. The highest BCUT2D eigenvalue weighted by atomic mass is 32.2. The second-order valence-electron chi connectivity index (χ2n) is 3.62. The van der Waals surface area contributed by atoms with E-state index in [-0.39, 0.29) is 17.9 Å². The van der Waals surface area contributed by atoms with Crippen LogP contribution >= 0.6 is 0 Å². The molecule has 0 bridgehead atoms. The summed E-state index contributed by atoms with van der Waals surface area (Å²) in [5.41, 5.74) is 0.906. The first kappa shape index (κ1) is 13.2. The van der Waals surface area contributed by atoms with Crippen LogP contribution in [-0.4, -0.2) is 14.2 Å². The van der Waals surface area contributed by atoms with Gasteiger partial charge in [0.05, 0.1) is 29.2 Å². The molecule has 0 unspecified atom stereocenters. The van der Waals surface area contributed by atoms with Gasteiger partial charge in [-0.15, -0.1) is 0 Å². The van der Waals surface area contributed by atoms with E-state index < -0.39 is 9.84 Å². The van der Waals surface area contributed by atoms with Gasteiger partial charge in [0, 0.05) is 6.42 Å². The van der Waals surface area contributed by atoms with Gasteiger partial charge in [-0.05, 0) is 18.1 Å². The van der Waals surface area contributed by atoms with Gasteiger partial charge in [-0.3, -0.25) is 0 Å². The van der Waals surface area contributed by atoms with Crippen LogP contribution in [0.1, 0.15) is 24.0 Å². The highest BCUT2D eigenvalue weighted by molar-refractivity contribution is 7.90. The summed E-state index contributed by atoms with van der Waals surface area (Å²) in [6.07, 6.45) is 0.576. The summed E-state index contributed by atoms with van der Waals surface area (Å²) < 4.78 is 23.4. The molecule has 0 spiro atoms. The van der Waals surface area contributed by atoms with E-state index >= 15 is 0 Å². The predicted octanol–water partition coefficient (Wildman–Crippen LogP) is 1.78. The molecule has 1 aromatic rings. The minimum Gasteiger partial charge on any atom is -0.228 e. The fourth-order valence-electron chi connectivity index (χ4n) is 1.44. The molecule has 0 heterocycles. The minimum absolute atomic E-state index is 0.0136. The fourth-order valence-corrected chi connectivity index (χ4v) is 2.89. The summed E-state index contributed by atoms with van der Waals surface area (Å²) in [5.74, 6) is -0.150. The van der Waals surface area contributed by atoms with Crippen molar-refractivity contribution in [3.63, 3.8) is 0 Å². The Kier molecular flexibility index (Phi) is 4.68. The van der Waals surface area contributed by atoms with Crippen LogP contribution in [-0.2, 0) is 15.6 Å². The third kappa shape index (κ3) is 4.26. The quantitative estimate of drug-likeness (QED) is 0.744. The molecule has 0 atom stereocenters. The maximum absolute atomic E-state index is 11.7. The van der Waals surface area contributed by atoms with Crippen molar-refractivity contribution in [2.75, 3.05) is 5.75 Å². The van der Waals surface area contributed by atoms with Crippen molar-refractivity contribution in [1.29, 1.82) is 10.5 Å². The Morgan fingerprint density at radius 3 is 2.53 bits per heavy atom. The monoisotopic (exact) mass is 248 g/mol. The average molecular weight is 248 g/mol. The van der Waals surface area contributed by atoms with Crippen LogP contribution in [0.3, 0.4) is 0 Å². The number of hydrogen-bond acceptors (Lipinski definition) is 4. The van der Waals surface area contributed by atoms with Gasteiger partial charge in [-0.25, -0.2) is 8.42 Å². The molecule has 0 saturated carbocycles. The smallest absolute Gasteiger partial charge is 0.154 e. The van der Waals surface area contributed by atoms with Gasteiger partial charge in [-0.1, -0.05) is 18.2 Å². The normalized spacial score (nSPS) is 10.5. The lowest BCUT2D eigenvalue weighted by Gasteiger charge is -2.04. The molecular weight excluding hydrogens is 236 g/mol. The van der Waals surface area contributed by atoms with Gasteiger partial charge in [-0.2, -0.15) is 10.5 Å². The van der Waals surface area contributed by atoms with Crippen molar-refractivity contribution in [2.24, 2.45) is 0 Å². The summed E-state index contributed by atoms with van der Waals surface area (Å²) >= 11 is 0. The van der Waals surface area contributed by atoms with Crippen LogP contribution in [0.4, 0.5) is 0 Å². The van der Waals surface area contributed by atoms with Crippen molar-refractivity contribution in [3.8, 4) is 12.1 Å². The number of nitrogens with zero attached hydrogens (tertiary/aromatic N) is 2. The second kappa shape index (κ2) is 6.03. The maximum Gasteiger partial charge on any atom is 0.154 e. The highest BCUT2D eigenvalue weighted by Crippen LogP contribution is 2.12. The molecule has 0 aromatic heterocycles. The van der Waals surface area contributed by atoms with Crippen LogP contribution in [0, 0.1) is 22.7 Å². The summed E-state index contributed by atoms with van der Waals surface area (Å²) in [5, 5.41) is 17.2. The zero-order valence-electron chi connectivity index (χ0n) is 9.26. The van der Waals surface area contributed by atoms with E-state index in [1.807, 2.05) is 12.1 Å². The van der Waals surface area contributed by atoms with Gasteiger partial charge < -0.3 is 0 Å². The zero-order chi connectivity index (χ0) is 12.7. The molecule has 17 heavy (non-hydrogen) atoms. The molecule has 4 nitrogen and oxygen atoms in total. The summed E-state index contributed by atoms with van der Waals surface area (Å²) in [4.78, 5) is 0. The number of hydrogen-bond donors (Lipinski definition) is 0. The van der Waals surface area contributed by atoms with E-state index in [4.69, 9.17) is 10.5 Å². The van der Waals surface area contributed by atoms with Crippen LogP contribution in [0.5, 0.6) is 0 Å². The first-order valence-electron chi connectivity index (χ1n) is 5.14. The average Bonchev–Trinajstić information content (AvgIpc) is 2.29. The Morgan fingerprint density at radius 2 is 1.88 bits per heavy atom. The summed E-state index contributed by atoms with van der Waals surface area (Å²) in [7, 11) is -3.24. The molecule has 0 aliphatic carbocycles. The topological polar surface area (TPSA) is 81.7 Å². The van der Waals surface area contributed by atoms with Crippen LogP contribution in [0.25, 0.3) is 0 Å². The first-order chi connectivity index (χ1) is 8.09. The SMILES string of the molecule is N#CCCCS(=O)(=O)Cc1ccccc1C#N. The van der Waals surface area contributed by atoms with Crippen LogP contribution in [0.2, 0.25) is 0 Å². The van der Waals surface area contributed by atoms with Gasteiger partial charge in [0.2, 0.25) is 0 Å². The number of nitriles is 2. The largest absolute Gasteiger partial charge is 0.228 e. The number of sulfone groups is 1. The minimum atomic E-state index is -3.24. The molecule has 88 valence electrons. The maximum atomic E-state index is 11.7. The predicted molar refractivity (Wildman–Crippen MR) is 63.5 cm³/mol. The van der Waals surface area contributed by atoms with E-state index in [1.165, 1.54) is 0 Å². The van der Waals surface area contributed by atoms with Gasteiger partial charge in [0.25, 0.3) is 0 Å². The van der Waals surface area contributed by atoms with Gasteiger partial charge in [0.1, 0.15) is 0 Å². The number of rotatable bonds is 5. The van der Waals surface area contributed by atoms with Crippen LogP contribution in [0.15, 0.2) is 24.3 Å². The third-order valence-corrected chi connectivity index (χ3v) is 3.92. The zero-order valence-corrected chi connectivity index (χ0v) is 10.1.